The van der Waals surface area contributed by atoms with Crippen molar-refractivity contribution in [1.82, 2.24) is 15.3 Å². The molecule has 0 unspecified atom stereocenters. The van der Waals surface area contributed by atoms with E-state index >= 15 is 0 Å². The van der Waals surface area contributed by atoms with E-state index in [0.717, 1.165) is 29.0 Å². The SMILES string of the molecule is COc1ccc(C(=O)Nc2nc3c(s2)CC[C@@H]3C(=O)NCc2ccncc2)cc1. The number of hydrogen-bond donors (Lipinski definition) is 2. The van der Waals surface area contributed by atoms with Gasteiger partial charge in [0, 0.05) is 29.4 Å². The molecular weight excluding hydrogens is 388 g/mol. The van der Waals surface area contributed by atoms with Crippen molar-refractivity contribution < 1.29 is 14.3 Å². The number of pyridine rings is 1. The smallest absolute Gasteiger partial charge is 0.257 e. The number of ether oxygens (including phenoxy) is 1. The van der Waals surface area contributed by atoms with Crippen LogP contribution in [0, 0.1) is 0 Å². The zero-order valence-corrected chi connectivity index (χ0v) is 16.7. The third-order valence-corrected chi connectivity index (χ3v) is 5.87. The zero-order chi connectivity index (χ0) is 20.2. The van der Waals surface area contributed by atoms with Crippen LogP contribution in [-0.2, 0) is 17.8 Å². The summed E-state index contributed by atoms with van der Waals surface area (Å²) in [5.74, 6) is 0.128. The molecule has 2 heterocycles. The first-order valence-corrected chi connectivity index (χ1v) is 10.1. The monoisotopic (exact) mass is 408 g/mol. The van der Waals surface area contributed by atoms with E-state index in [1.54, 1.807) is 43.8 Å². The molecule has 0 aliphatic heterocycles. The molecule has 0 saturated carbocycles. The number of aryl methyl sites for hydroxylation is 1. The predicted octanol–water partition coefficient (Wildman–Crippen LogP) is 3.15. The van der Waals surface area contributed by atoms with Gasteiger partial charge in [-0.25, -0.2) is 4.98 Å². The van der Waals surface area contributed by atoms with Gasteiger partial charge in [0.15, 0.2) is 5.13 Å². The van der Waals surface area contributed by atoms with Crippen molar-refractivity contribution >= 4 is 28.3 Å². The van der Waals surface area contributed by atoms with Crippen LogP contribution in [0.15, 0.2) is 48.8 Å². The van der Waals surface area contributed by atoms with E-state index in [1.165, 1.54) is 11.3 Å². The van der Waals surface area contributed by atoms with Crippen LogP contribution in [-0.4, -0.2) is 28.9 Å². The van der Waals surface area contributed by atoms with Crippen LogP contribution in [0.3, 0.4) is 0 Å². The normalized spacial score (nSPS) is 14.9. The Bertz CT molecular complexity index is 1020. The third-order valence-electron chi connectivity index (χ3n) is 4.82. The maximum Gasteiger partial charge on any atom is 0.257 e. The van der Waals surface area contributed by atoms with Gasteiger partial charge < -0.3 is 10.1 Å². The molecule has 2 amide bonds. The van der Waals surface area contributed by atoms with Crippen molar-refractivity contribution in [3.05, 3.63) is 70.5 Å². The maximum absolute atomic E-state index is 12.6. The number of hydrogen-bond acceptors (Lipinski definition) is 6. The van der Waals surface area contributed by atoms with E-state index < -0.39 is 0 Å². The molecule has 8 heteroatoms. The van der Waals surface area contributed by atoms with Crippen molar-refractivity contribution in [2.24, 2.45) is 0 Å². The Labute approximate surface area is 172 Å². The Morgan fingerprint density at radius 1 is 1.17 bits per heavy atom. The fraction of sp³-hybridized carbons (Fsp3) is 0.238. The number of nitrogens with zero attached hydrogens (tertiary/aromatic N) is 2. The highest BCUT2D eigenvalue weighted by Gasteiger charge is 2.32. The Hall–Kier alpha value is -3.26. The van der Waals surface area contributed by atoms with Crippen LogP contribution in [0.1, 0.15) is 38.8 Å². The van der Waals surface area contributed by atoms with Crippen molar-refractivity contribution in [2.75, 3.05) is 12.4 Å². The summed E-state index contributed by atoms with van der Waals surface area (Å²) in [6.45, 7) is 0.457. The summed E-state index contributed by atoms with van der Waals surface area (Å²) in [4.78, 5) is 34.6. The van der Waals surface area contributed by atoms with Crippen LogP contribution in [0.4, 0.5) is 5.13 Å². The van der Waals surface area contributed by atoms with Gasteiger partial charge in [0.2, 0.25) is 5.91 Å². The summed E-state index contributed by atoms with van der Waals surface area (Å²) in [7, 11) is 1.58. The van der Waals surface area contributed by atoms with E-state index in [9.17, 15) is 9.59 Å². The predicted molar refractivity (Wildman–Crippen MR) is 110 cm³/mol. The molecule has 1 atom stereocenters. The number of amides is 2. The summed E-state index contributed by atoms with van der Waals surface area (Å²) >= 11 is 1.43. The summed E-state index contributed by atoms with van der Waals surface area (Å²) in [6.07, 6.45) is 4.93. The van der Waals surface area contributed by atoms with Crippen LogP contribution in [0.2, 0.25) is 0 Å². The molecule has 0 radical (unpaired) electrons. The number of fused-ring (bicyclic) bond motifs is 1. The van der Waals surface area contributed by atoms with Crippen molar-refractivity contribution in [3.63, 3.8) is 0 Å². The first-order valence-electron chi connectivity index (χ1n) is 9.25. The fourth-order valence-electron chi connectivity index (χ4n) is 3.26. The second kappa shape index (κ2) is 8.40. The third kappa shape index (κ3) is 4.27. The molecule has 148 valence electrons. The van der Waals surface area contributed by atoms with Gasteiger partial charge in [-0.05, 0) is 54.8 Å². The number of benzene rings is 1. The van der Waals surface area contributed by atoms with Gasteiger partial charge in [-0.2, -0.15) is 0 Å². The number of carbonyl (C=O) groups excluding carboxylic acids is 2. The topological polar surface area (TPSA) is 93.2 Å². The molecule has 2 aromatic heterocycles. The molecule has 0 spiro atoms. The molecule has 7 nitrogen and oxygen atoms in total. The van der Waals surface area contributed by atoms with Crippen LogP contribution >= 0.6 is 11.3 Å². The molecular formula is C21H20N4O3S. The van der Waals surface area contributed by atoms with Gasteiger partial charge in [-0.1, -0.05) is 0 Å². The molecule has 4 rings (SSSR count). The van der Waals surface area contributed by atoms with Crippen LogP contribution < -0.4 is 15.4 Å². The lowest BCUT2D eigenvalue weighted by Gasteiger charge is -2.10. The van der Waals surface area contributed by atoms with Gasteiger partial charge in [0.25, 0.3) is 5.91 Å². The average Bonchev–Trinajstić information content (AvgIpc) is 3.33. The Balaban J connectivity index is 1.40. The van der Waals surface area contributed by atoms with Gasteiger partial charge >= 0.3 is 0 Å². The molecule has 3 aromatic rings. The minimum Gasteiger partial charge on any atom is -0.497 e. The molecule has 29 heavy (non-hydrogen) atoms. The van der Waals surface area contributed by atoms with Crippen molar-refractivity contribution in [1.29, 1.82) is 0 Å². The highest BCUT2D eigenvalue weighted by atomic mass is 32.1. The highest BCUT2D eigenvalue weighted by Crippen LogP contribution is 2.38. The van der Waals surface area contributed by atoms with Gasteiger partial charge in [0.05, 0.1) is 18.7 Å². The lowest BCUT2D eigenvalue weighted by Crippen LogP contribution is -2.28. The molecule has 1 aliphatic rings. The number of rotatable bonds is 6. The number of anilines is 1. The lowest BCUT2D eigenvalue weighted by molar-refractivity contribution is -0.122. The van der Waals surface area contributed by atoms with E-state index in [-0.39, 0.29) is 17.7 Å². The first kappa shape index (κ1) is 19.1. The van der Waals surface area contributed by atoms with Crippen molar-refractivity contribution in [3.8, 4) is 5.75 Å². The van der Waals surface area contributed by atoms with E-state index in [1.807, 2.05) is 12.1 Å². The highest BCUT2D eigenvalue weighted by molar-refractivity contribution is 7.16. The molecule has 0 bridgehead atoms. The summed E-state index contributed by atoms with van der Waals surface area (Å²) < 4.78 is 5.11. The first-order chi connectivity index (χ1) is 14.1. The van der Waals surface area contributed by atoms with E-state index in [0.29, 0.717) is 23.0 Å². The fourth-order valence-corrected chi connectivity index (χ4v) is 4.29. The Morgan fingerprint density at radius 3 is 2.66 bits per heavy atom. The van der Waals surface area contributed by atoms with Crippen molar-refractivity contribution in [2.45, 2.75) is 25.3 Å². The summed E-state index contributed by atoms with van der Waals surface area (Å²) in [5.41, 5.74) is 2.29. The Morgan fingerprint density at radius 2 is 1.93 bits per heavy atom. The number of thiazole rings is 1. The summed E-state index contributed by atoms with van der Waals surface area (Å²) in [6, 6.07) is 10.6. The number of carbonyl (C=O) groups is 2. The average molecular weight is 408 g/mol. The summed E-state index contributed by atoms with van der Waals surface area (Å²) in [5, 5.41) is 6.31. The second-order valence-corrected chi connectivity index (χ2v) is 7.76. The van der Waals surface area contributed by atoms with Gasteiger partial charge in [-0.3, -0.25) is 19.9 Å². The molecule has 1 aromatic carbocycles. The number of nitrogens with one attached hydrogen (secondary N) is 2. The number of methoxy groups -OCH3 is 1. The quantitative estimate of drug-likeness (QED) is 0.654. The van der Waals surface area contributed by atoms with Crippen LogP contribution in [0.5, 0.6) is 5.75 Å². The molecule has 0 saturated heterocycles. The maximum atomic E-state index is 12.6. The van der Waals surface area contributed by atoms with Gasteiger partial charge in [0.1, 0.15) is 5.75 Å². The lowest BCUT2D eigenvalue weighted by atomic mass is 10.1. The van der Waals surface area contributed by atoms with Crippen LogP contribution in [0.25, 0.3) is 0 Å². The molecule has 2 N–H and O–H groups in total. The molecule has 1 aliphatic carbocycles. The largest absolute Gasteiger partial charge is 0.497 e. The van der Waals surface area contributed by atoms with E-state index in [4.69, 9.17) is 4.74 Å². The minimum atomic E-state index is -0.283. The van der Waals surface area contributed by atoms with Gasteiger partial charge in [-0.15, -0.1) is 11.3 Å². The second-order valence-electron chi connectivity index (χ2n) is 6.67. The Kier molecular flexibility index (Phi) is 5.53. The minimum absolute atomic E-state index is 0.0427. The standard InChI is InChI=1S/C21H20N4O3S/c1-28-15-4-2-14(3-5-15)19(26)25-21-24-18-16(6-7-17(18)29-21)20(27)23-12-13-8-10-22-11-9-13/h2-5,8-11,16H,6-7,12H2,1H3,(H,23,27)(H,24,25,26)/t16-/m0/s1. The number of aromatic nitrogens is 2. The van der Waals surface area contributed by atoms with E-state index in [2.05, 4.69) is 20.6 Å². The zero-order valence-electron chi connectivity index (χ0n) is 15.8. The molecule has 0 fully saturated rings.